The third kappa shape index (κ3) is 5.15. The van der Waals surface area contributed by atoms with Crippen molar-refractivity contribution in [1.82, 2.24) is 10.6 Å². The van der Waals surface area contributed by atoms with Crippen molar-refractivity contribution in [2.75, 3.05) is 6.61 Å². The molecule has 0 aromatic heterocycles. The van der Waals surface area contributed by atoms with E-state index in [4.69, 9.17) is 4.74 Å². The van der Waals surface area contributed by atoms with E-state index in [9.17, 15) is 14.7 Å². The monoisotopic (exact) mass is 396 g/mol. The molecule has 0 radical (unpaired) electrons. The number of ether oxygens (including phenoxy) is 1. The fourth-order valence-electron chi connectivity index (χ4n) is 3.65. The van der Waals surface area contributed by atoms with Gasteiger partial charge in [-0.2, -0.15) is 0 Å². The molecule has 3 N–H and O–H groups in total. The van der Waals surface area contributed by atoms with Crippen LogP contribution in [0.2, 0.25) is 0 Å². The molecule has 0 saturated carbocycles. The number of amides is 2. The number of fused-ring (bicyclic) bond motifs is 1. The second-order valence-corrected chi connectivity index (χ2v) is 8.29. The van der Waals surface area contributed by atoms with E-state index in [1.807, 2.05) is 54.6 Å². The lowest BCUT2D eigenvalue weighted by Crippen LogP contribution is -2.47. The van der Waals surface area contributed by atoms with Gasteiger partial charge in [-0.25, -0.2) is 4.79 Å². The number of alkyl carbamates (subject to hydrolysis) is 1. The van der Waals surface area contributed by atoms with Gasteiger partial charge in [0.1, 0.15) is 5.60 Å². The molecule has 29 heavy (non-hydrogen) atoms. The summed E-state index contributed by atoms with van der Waals surface area (Å²) in [7, 11) is 0. The molecule has 154 valence electrons. The van der Waals surface area contributed by atoms with Gasteiger partial charge in [0.25, 0.3) is 0 Å². The maximum absolute atomic E-state index is 12.9. The van der Waals surface area contributed by atoms with Crippen LogP contribution >= 0.6 is 0 Å². The highest BCUT2D eigenvalue weighted by atomic mass is 16.6. The smallest absolute Gasteiger partial charge is 0.408 e. The van der Waals surface area contributed by atoms with Crippen molar-refractivity contribution in [1.29, 1.82) is 0 Å². The third-order valence-electron chi connectivity index (χ3n) is 4.93. The van der Waals surface area contributed by atoms with Crippen LogP contribution in [-0.4, -0.2) is 35.4 Å². The molecule has 0 fully saturated rings. The Morgan fingerprint density at radius 1 is 1.07 bits per heavy atom. The number of carbonyl (C=O) groups is 2. The number of aliphatic hydroxyl groups is 1. The van der Waals surface area contributed by atoms with Gasteiger partial charge < -0.3 is 20.5 Å². The summed E-state index contributed by atoms with van der Waals surface area (Å²) in [4.78, 5) is 25.3. The van der Waals surface area contributed by atoms with Crippen molar-refractivity contribution in [2.45, 2.75) is 50.8 Å². The van der Waals surface area contributed by atoms with Crippen molar-refractivity contribution in [3.63, 3.8) is 0 Å². The molecule has 3 atom stereocenters. The molecule has 1 aliphatic rings. The Morgan fingerprint density at radius 2 is 1.72 bits per heavy atom. The van der Waals surface area contributed by atoms with Crippen LogP contribution in [0.3, 0.4) is 0 Å². The van der Waals surface area contributed by atoms with Gasteiger partial charge >= 0.3 is 6.09 Å². The summed E-state index contributed by atoms with van der Waals surface area (Å²) >= 11 is 0. The van der Waals surface area contributed by atoms with Gasteiger partial charge in [-0.15, -0.1) is 0 Å². The van der Waals surface area contributed by atoms with Gasteiger partial charge in [0, 0.05) is 0 Å². The zero-order valence-electron chi connectivity index (χ0n) is 17.0. The molecular formula is C23H28N2O4. The maximum atomic E-state index is 12.9. The van der Waals surface area contributed by atoms with Crippen molar-refractivity contribution in [3.05, 3.63) is 71.3 Å². The van der Waals surface area contributed by atoms with Crippen LogP contribution in [0.4, 0.5) is 4.79 Å². The Hall–Kier alpha value is -2.86. The Labute approximate surface area is 171 Å². The largest absolute Gasteiger partial charge is 0.444 e. The van der Waals surface area contributed by atoms with Crippen molar-refractivity contribution in [3.8, 4) is 0 Å². The molecule has 0 aliphatic heterocycles. The van der Waals surface area contributed by atoms with E-state index < -0.39 is 23.7 Å². The van der Waals surface area contributed by atoms with Crippen molar-refractivity contribution in [2.24, 2.45) is 0 Å². The predicted molar refractivity (Wildman–Crippen MR) is 110 cm³/mol. The number of nitrogens with one attached hydrogen (secondary N) is 2. The summed E-state index contributed by atoms with van der Waals surface area (Å²) in [6.07, 6.45) is 0.0650. The fourth-order valence-corrected chi connectivity index (χ4v) is 3.65. The number of rotatable bonds is 5. The minimum atomic E-state index is -0.665. The molecule has 0 spiro atoms. The molecular weight excluding hydrogens is 368 g/mol. The molecule has 0 heterocycles. The van der Waals surface area contributed by atoms with Crippen LogP contribution in [0.5, 0.6) is 0 Å². The number of aliphatic hydroxyl groups excluding tert-OH is 1. The van der Waals surface area contributed by atoms with Gasteiger partial charge in [-0.1, -0.05) is 54.6 Å². The van der Waals surface area contributed by atoms with Gasteiger partial charge in [0.15, 0.2) is 0 Å². The van der Waals surface area contributed by atoms with E-state index in [0.29, 0.717) is 6.42 Å². The summed E-state index contributed by atoms with van der Waals surface area (Å²) in [6, 6.07) is 16.2. The molecule has 3 rings (SSSR count). The third-order valence-corrected chi connectivity index (χ3v) is 4.93. The van der Waals surface area contributed by atoms with E-state index in [1.165, 1.54) is 0 Å². The van der Waals surface area contributed by atoms with Crippen LogP contribution in [0.1, 0.15) is 49.4 Å². The number of hydrogen-bond acceptors (Lipinski definition) is 4. The summed E-state index contributed by atoms with van der Waals surface area (Å²) < 4.78 is 5.40. The van der Waals surface area contributed by atoms with E-state index in [2.05, 4.69) is 10.6 Å². The minimum Gasteiger partial charge on any atom is -0.444 e. The zero-order chi connectivity index (χ0) is 21.0. The number of hydrogen-bond donors (Lipinski definition) is 3. The van der Waals surface area contributed by atoms with Gasteiger partial charge in [-0.05, 0) is 43.9 Å². The van der Waals surface area contributed by atoms with Crippen LogP contribution in [0.25, 0.3) is 0 Å². The zero-order valence-corrected chi connectivity index (χ0v) is 17.0. The second kappa shape index (κ2) is 8.66. The molecule has 1 unspecified atom stereocenters. The first-order chi connectivity index (χ1) is 13.8. The summed E-state index contributed by atoms with van der Waals surface area (Å²) in [5, 5.41) is 15.7. The van der Waals surface area contributed by atoms with Crippen molar-refractivity contribution >= 4 is 12.0 Å². The molecule has 0 saturated heterocycles. The molecule has 1 aliphatic carbocycles. The Kier molecular flexibility index (Phi) is 6.23. The molecule has 2 aromatic rings. The second-order valence-electron chi connectivity index (χ2n) is 8.29. The lowest BCUT2D eigenvalue weighted by molar-refractivity contribution is -0.124. The number of benzene rings is 2. The van der Waals surface area contributed by atoms with Crippen LogP contribution in [-0.2, 0) is 16.0 Å². The van der Waals surface area contributed by atoms with Gasteiger partial charge in [0.2, 0.25) is 5.91 Å². The highest BCUT2D eigenvalue weighted by Gasteiger charge is 2.36. The Balaban J connectivity index is 1.78. The summed E-state index contributed by atoms with van der Waals surface area (Å²) in [5.74, 6) is -0.936. The highest BCUT2D eigenvalue weighted by molar-refractivity contribution is 5.84. The van der Waals surface area contributed by atoms with E-state index in [-0.39, 0.29) is 18.6 Å². The van der Waals surface area contributed by atoms with Crippen LogP contribution in [0.15, 0.2) is 54.6 Å². The van der Waals surface area contributed by atoms with E-state index in [0.717, 1.165) is 16.7 Å². The molecule has 2 aromatic carbocycles. The summed E-state index contributed by atoms with van der Waals surface area (Å²) in [6.45, 7) is 5.13. The normalized spacial score (nSPS) is 19.2. The topological polar surface area (TPSA) is 87.7 Å². The minimum absolute atomic E-state index is 0.271. The standard InChI is InChI=1S/C23H28N2O4/c1-23(2,3)29-22(28)25-20-17-12-8-7-11-16(17)13-19(20)24-21(27)18(14-26)15-9-5-4-6-10-15/h4-12,18-20,26H,13-14H2,1-3H3,(H,24,27)(H,25,28)/t18?,19-,20-/m0/s1. The first-order valence-electron chi connectivity index (χ1n) is 9.82. The van der Waals surface area contributed by atoms with Gasteiger partial charge in [0.05, 0.1) is 24.6 Å². The van der Waals surface area contributed by atoms with E-state index in [1.54, 1.807) is 20.8 Å². The predicted octanol–water partition coefficient (Wildman–Crippen LogP) is 3.07. The average molecular weight is 396 g/mol. The Bertz CT molecular complexity index is 861. The lowest BCUT2D eigenvalue weighted by Gasteiger charge is -2.27. The van der Waals surface area contributed by atoms with Crippen LogP contribution < -0.4 is 10.6 Å². The number of carbonyl (C=O) groups excluding carboxylic acids is 2. The fraction of sp³-hybridized carbons (Fsp3) is 0.391. The quantitative estimate of drug-likeness (QED) is 0.725. The van der Waals surface area contributed by atoms with Crippen molar-refractivity contribution < 1.29 is 19.4 Å². The molecule has 0 bridgehead atoms. The maximum Gasteiger partial charge on any atom is 0.408 e. The van der Waals surface area contributed by atoms with Gasteiger partial charge in [-0.3, -0.25) is 4.79 Å². The Morgan fingerprint density at radius 3 is 2.38 bits per heavy atom. The lowest BCUT2D eigenvalue weighted by atomic mass is 9.98. The molecule has 2 amide bonds. The first-order valence-corrected chi connectivity index (χ1v) is 9.82. The SMILES string of the molecule is CC(C)(C)OC(=O)N[C@H]1c2ccccc2C[C@@H]1NC(=O)C(CO)c1ccccc1. The molecule has 6 nitrogen and oxygen atoms in total. The summed E-state index contributed by atoms with van der Waals surface area (Å²) in [5.41, 5.74) is 2.17. The highest BCUT2D eigenvalue weighted by Crippen LogP contribution is 2.32. The molecule has 6 heteroatoms. The van der Waals surface area contributed by atoms with Crippen LogP contribution in [0, 0.1) is 0 Å². The average Bonchev–Trinajstić information content (AvgIpc) is 2.99. The first kappa shape index (κ1) is 20.9. The van der Waals surface area contributed by atoms with E-state index >= 15 is 0 Å².